The number of nitriles is 1. The van der Waals surface area contributed by atoms with E-state index >= 15 is 0 Å². The van der Waals surface area contributed by atoms with Crippen molar-refractivity contribution in [2.24, 2.45) is 0 Å². The van der Waals surface area contributed by atoms with E-state index in [4.69, 9.17) is 15.9 Å². The Kier molecular flexibility index (Phi) is 4.73. The fraction of sp³-hybridized carbons (Fsp3) is 0.0625. The summed E-state index contributed by atoms with van der Waals surface area (Å²) in [7, 11) is 1.71. The lowest BCUT2D eigenvalue weighted by Crippen LogP contribution is -2.02. The number of nitrogen functional groups attached to an aromatic ring is 1. The first-order chi connectivity index (χ1) is 10.7. The standard InChI is InChI=1S/C16H15N5O/c1-20-10-11(8-17)16-14(9-18)15(6-7-21-16)22-13-4-2-12(19)3-5-13/h2-8,10,17,20H,19H2,1H3/b11-10+,17-8?. The van der Waals surface area contributed by atoms with Crippen molar-refractivity contribution in [3.8, 4) is 17.6 Å². The number of nitrogens with one attached hydrogen (secondary N) is 2. The van der Waals surface area contributed by atoms with Crippen molar-refractivity contribution in [2.75, 3.05) is 12.8 Å². The third-order valence-corrected chi connectivity index (χ3v) is 2.86. The van der Waals surface area contributed by atoms with Crippen molar-refractivity contribution in [2.45, 2.75) is 0 Å². The van der Waals surface area contributed by atoms with Crippen molar-refractivity contribution in [3.63, 3.8) is 0 Å². The zero-order chi connectivity index (χ0) is 15.9. The Balaban J connectivity index is 2.45. The van der Waals surface area contributed by atoms with Crippen LogP contribution in [-0.4, -0.2) is 18.2 Å². The highest BCUT2D eigenvalue weighted by atomic mass is 16.5. The predicted molar refractivity (Wildman–Crippen MR) is 85.7 cm³/mol. The van der Waals surface area contributed by atoms with Gasteiger partial charge in [0.2, 0.25) is 0 Å². The highest BCUT2D eigenvalue weighted by Crippen LogP contribution is 2.29. The van der Waals surface area contributed by atoms with Gasteiger partial charge in [-0.3, -0.25) is 4.98 Å². The molecule has 6 heteroatoms. The summed E-state index contributed by atoms with van der Waals surface area (Å²) >= 11 is 0. The van der Waals surface area contributed by atoms with Gasteiger partial charge in [0, 0.05) is 43.0 Å². The lowest BCUT2D eigenvalue weighted by atomic mass is 10.1. The molecule has 110 valence electrons. The van der Waals surface area contributed by atoms with Crippen LogP contribution in [0.5, 0.6) is 11.5 Å². The lowest BCUT2D eigenvalue weighted by Gasteiger charge is -2.10. The molecular weight excluding hydrogens is 278 g/mol. The molecule has 6 nitrogen and oxygen atoms in total. The van der Waals surface area contributed by atoms with Crippen molar-refractivity contribution in [1.29, 1.82) is 10.7 Å². The molecule has 1 aromatic carbocycles. The van der Waals surface area contributed by atoms with Crippen LogP contribution in [0.15, 0.2) is 42.7 Å². The van der Waals surface area contributed by atoms with Gasteiger partial charge in [-0.2, -0.15) is 5.26 Å². The Morgan fingerprint density at radius 3 is 2.68 bits per heavy atom. The zero-order valence-electron chi connectivity index (χ0n) is 12.0. The summed E-state index contributed by atoms with van der Waals surface area (Å²) < 4.78 is 5.73. The maximum atomic E-state index is 9.42. The number of hydrogen-bond donors (Lipinski definition) is 3. The van der Waals surface area contributed by atoms with E-state index in [1.54, 1.807) is 43.6 Å². The van der Waals surface area contributed by atoms with E-state index in [2.05, 4.69) is 16.4 Å². The summed E-state index contributed by atoms with van der Waals surface area (Å²) in [4.78, 5) is 4.17. The number of benzene rings is 1. The van der Waals surface area contributed by atoms with Crippen LogP contribution in [0.2, 0.25) is 0 Å². The summed E-state index contributed by atoms with van der Waals surface area (Å²) in [5.41, 5.74) is 7.41. The molecule has 0 bridgehead atoms. The number of hydrogen-bond acceptors (Lipinski definition) is 6. The van der Waals surface area contributed by atoms with Crippen LogP contribution in [0.25, 0.3) is 5.57 Å². The first-order valence-electron chi connectivity index (χ1n) is 6.50. The average molecular weight is 293 g/mol. The third-order valence-electron chi connectivity index (χ3n) is 2.86. The monoisotopic (exact) mass is 293 g/mol. The van der Waals surface area contributed by atoms with Crippen molar-refractivity contribution < 1.29 is 4.74 Å². The van der Waals surface area contributed by atoms with Gasteiger partial charge in [0.15, 0.2) is 0 Å². The van der Waals surface area contributed by atoms with E-state index in [-0.39, 0.29) is 5.56 Å². The Morgan fingerprint density at radius 2 is 2.09 bits per heavy atom. The molecule has 0 fully saturated rings. The Bertz CT molecular complexity index is 744. The van der Waals surface area contributed by atoms with Crippen LogP contribution in [-0.2, 0) is 0 Å². The Hall–Kier alpha value is -3.33. The molecule has 0 aliphatic carbocycles. The quantitative estimate of drug-likeness (QED) is 0.580. The number of rotatable bonds is 5. The van der Waals surface area contributed by atoms with Gasteiger partial charge in [0.25, 0.3) is 0 Å². The first-order valence-corrected chi connectivity index (χ1v) is 6.50. The summed E-state index contributed by atoms with van der Waals surface area (Å²) in [6.07, 6.45) is 4.27. The average Bonchev–Trinajstić information content (AvgIpc) is 2.54. The van der Waals surface area contributed by atoms with Crippen molar-refractivity contribution in [3.05, 3.63) is 54.0 Å². The SMILES string of the molecule is CN/C=C(\C=N)c1nccc(Oc2ccc(N)cc2)c1C#N. The zero-order valence-corrected chi connectivity index (χ0v) is 12.0. The molecule has 1 aromatic heterocycles. The van der Waals surface area contributed by atoms with Crippen molar-refractivity contribution in [1.82, 2.24) is 10.3 Å². The molecule has 2 aromatic rings. The highest BCUT2D eigenvalue weighted by Gasteiger charge is 2.14. The van der Waals surface area contributed by atoms with Gasteiger partial charge in [0.1, 0.15) is 23.1 Å². The van der Waals surface area contributed by atoms with Gasteiger partial charge in [0.05, 0.1) is 5.69 Å². The van der Waals surface area contributed by atoms with E-state index in [1.807, 2.05) is 0 Å². The van der Waals surface area contributed by atoms with Gasteiger partial charge in [-0.05, 0) is 24.3 Å². The van der Waals surface area contributed by atoms with E-state index in [1.165, 1.54) is 6.20 Å². The van der Waals surface area contributed by atoms with Gasteiger partial charge in [-0.25, -0.2) is 0 Å². The molecule has 0 aliphatic heterocycles. The number of nitrogens with zero attached hydrogens (tertiary/aromatic N) is 2. The van der Waals surface area contributed by atoms with Crippen molar-refractivity contribution >= 4 is 17.5 Å². The maximum Gasteiger partial charge on any atom is 0.148 e. The fourth-order valence-electron chi connectivity index (χ4n) is 1.85. The number of nitrogens with two attached hydrogens (primary N) is 1. The summed E-state index contributed by atoms with van der Waals surface area (Å²) in [6.45, 7) is 0. The number of aromatic nitrogens is 1. The van der Waals surface area contributed by atoms with Gasteiger partial charge < -0.3 is 21.2 Å². The normalized spacial score (nSPS) is 10.6. The topological polar surface area (TPSA) is 108 Å². The molecule has 0 atom stereocenters. The van der Waals surface area contributed by atoms with Crippen LogP contribution in [0, 0.1) is 16.7 Å². The van der Waals surface area contributed by atoms with E-state index < -0.39 is 0 Å². The summed E-state index contributed by atoms with van der Waals surface area (Å²) in [5.74, 6) is 0.943. The molecule has 0 amide bonds. The van der Waals surface area contributed by atoms with Crippen LogP contribution in [0.1, 0.15) is 11.3 Å². The minimum atomic E-state index is 0.268. The second-order valence-electron chi connectivity index (χ2n) is 4.35. The smallest absolute Gasteiger partial charge is 0.148 e. The third kappa shape index (κ3) is 3.22. The van der Waals surface area contributed by atoms with Crippen LogP contribution in [0.4, 0.5) is 5.69 Å². The molecule has 0 saturated heterocycles. The molecule has 0 unspecified atom stereocenters. The molecule has 0 radical (unpaired) electrons. The number of allylic oxidation sites excluding steroid dienone is 1. The van der Waals surface area contributed by atoms with Crippen LogP contribution >= 0.6 is 0 Å². The Labute approximate surface area is 128 Å². The first kappa shape index (κ1) is 15.1. The number of pyridine rings is 1. The summed E-state index contributed by atoms with van der Waals surface area (Å²) in [5, 5.41) is 19.7. The molecule has 22 heavy (non-hydrogen) atoms. The van der Waals surface area contributed by atoms with E-state index in [0.29, 0.717) is 28.5 Å². The number of ether oxygens (including phenoxy) is 1. The minimum absolute atomic E-state index is 0.268. The molecule has 4 N–H and O–H groups in total. The minimum Gasteiger partial charge on any atom is -0.456 e. The molecule has 0 spiro atoms. The molecule has 2 rings (SSSR count). The van der Waals surface area contributed by atoms with Gasteiger partial charge >= 0.3 is 0 Å². The van der Waals surface area contributed by atoms with E-state index in [0.717, 1.165) is 6.21 Å². The summed E-state index contributed by atoms with van der Waals surface area (Å²) in [6, 6.07) is 10.6. The Morgan fingerprint density at radius 1 is 1.36 bits per heavy atom. The van der Waals surface area contributed by atoms with Gasteiger partial charge in [-0.1, -0.05) is 0 Å². The molecule has 1 heterocycles. The van der Waals surface area contributed by atoms with E-state index in [9.17, 15) is 5.26 Å². The second-order valence-corrected chi connectivity index (χ2v) is 4.35. The van der Waals surface area contributed by atoms with Crippen LogP contribution in [0.3, 0.4) is 0 Å². The molecular formula is C16H15N5O. The molecule has 0 aliphatic rings. The predicted octanol–water partition coefficient (Wildman–Crippen LogP) is 2.54. The highest BCUT2D eigenvalue weighted by molar-refractivity contribution is 6.08. The lowest BCUT2D eigenvalue weighted by molar-refractivity contribution is 0.480. The van der Waals surface area contributed by atoms with Gasteiger partial charge in [-0.15, -0.1) is 0 Å². The number of anilines is 1. The second kappa shape index (κ2) is 6.90. The van der Waals surface area contributed by atoms with Crippen LogP contribution < -0.4 is 15.8 Å². The maximum absolute atomic E-state index is 9.42. The fourth-order valence-corrected chi connectivity index (χ4v) is 1.85. The molecule has 0 saturated carbocycles. The largest absolute Gasteiger partial charge is 0.456 e.